The number of para-hydroxylation sites is 1. The molecule has 0 aliphatic heterocycles. The maximum Gasteiger partial charge on any atom is 0.234 e. The van der Waals surface area contributed by atoms with E-state index < -0.39 is 5.92 Å². The quantitative estimate of drug-likeness (QED) is 0.528. The van der Waals surface area contributed by atoms with Crippen LogP contribution in [-0.4, -0.2) is 27.7 Å². The van der Waals surface area contributed by atoms with E-state index in [9.17, 15) is 9.18 Å². The number of aromatic nitrogens is 3. The van der Waals surface area contributed by atoms with Crippen LogP contribution in [0.5, 0.6) is 0 Å². The lowest BCUT2D eigenvalue weighted by Gasteiger charge is -2.20. The van der Waals surface area contributed by atoms with Gasteiger partial charge in [-0.15, -0.1) is 0 Å². The van der Waals surface area contributed by atoms with Crippen molar-refractivity contribution in [3.8, 4) is 5.13 Å². The van der Waals surface area contributed by atoms with Crippen molar-refractivity contribution in [2.45, 2.75) is 12.8 Å². The second-order valence-electron chi connectivity index (χ2n) is 6.28. The molecule has 0 aliphatic carbocycles. The van der Waals surface area contributed by atoms with Crippen LogP contribution < -0.4 is 4.90 Å². The summed E-state index contributed by atoms with van der Waals surface area (Å²) < 4.78 is 16.2. The van der Waals surface area contributed by atoms with E-state index in [0.29, 0.717) is 11.3 Å². The van der Waals surface area contributed by atoms with Gasteiger partial charge in [-0.2, -0.15) is 5.10 Å². The number of thiazole rings is 1. The van der Waals surface area contributed by atoms with Gasteiger partial charge in [0.1, 0.15) is 5.82 Å². The molecule has 7 heteroatoms. The van der Waals surface area contributed by atoms with E-state index in [1.807, 2.05) is 24.3 Å². The van der Waals surface area contributed by atoms with Crippen LogP contribution in [0.25, 0.3) is 15.3 Å². The molecule has 0 bridgehead atoms. The molecule has 2 aromatic heterocycles. The topological polar surface area (TPSA) is 51.0 Å². The fourth-order valence-electron chi connectivity index (χ4n) is 2.89. The maximum absolute atomic E-state index is 13.4. The predicted molar refractivity (Wildman–Crippen MR) is 105 cm³/mol. The van der Waals surface area contributed by atoms with Crippen molar-refractivity contribution < 1.29 is 9.18 Å². The van der Waals surface area contributed by atoms with Crippen molar-refractivity contribution in [2.24, 2.45) is 0 Å². The highest BCUT2D eigenvalue weighted by atomic mass is 32.1. The van der Waals surface area contributed by atoms with Gasteiger partial charge in [0.05, 0.1) is 34.2 Å². The lowest BCUT2D eigenvalue weighted by molar-refractivity contribution is -0.119. The summed E-state index contributed by atoms with van der Waals surface area (Å²) >= 11 is 1.53. The zero-order valence-corrected chi connectivity index (χ0v) is 15.7. The van der Waals surface area contributed by atoms with Gasteiger partial charge in [-0.05, 0) is 36.8 Å². The Kier molecular flexibility index (Phi) is 4.45. The van der Waals surface area contributed by atoms with Gasteiger partial charge in [0.15, 0.2) is 0 Å². The largest absolute Gasteiger partial charge is 0.312 e. The molecular formula is C20H17FN4OS. The second kappa shape index (κ2) is 6.92. The number of hydrogen-bond donors (Lipinski definition) is 0. The van der Waals surface area contributed by atoms with E-state index in [1.54, 1.807) is 43.2 Å². The molecule has 136 valence electrons. The van der Waals surface area contributed by atoms with Gasteiger partial charge >= 0.3 is 0 Å². The third-order valence-corrected chi connectivity index (χ3v) is 5.51. The van der Waals surface area contributed by atoms with Gasteiger partial charge < -0.3 is 4.90 Å². The highest BCUT2D eigenvalue weighted by molar-refractivity contribution is 7.20. The first-order valence-corrected chi connectivity index (χ1v) is 9.28. The lowest BCUT2D eigenvalue weighted by Crippen LogP contribution is -2.30. The molecule has 0 aliphatic rings. The molecule has 5 nitrogen and oxygen atoms in total. The molecule has 0 N–H and O–H groups in total. The third kappa shape index (κ3) is 3.33. The van der Waals surface area contributed by atoms with Crippen molar-refractivity contribution in [3.05, 3.63) is 72.3 Å². The van der Waals surface area contributed by atoms with Crippen molar-refractivity contribution in [3.63, 3.8) is 0 Å². The molecule has 4 rings (SSSR count). The number of likely N-dealkylation sites (N-methyl/N-ethyl adjacent to an activating group) is 1. The minimum Gasteiger partial charge on any atom is -0.312 e. The molecular weight excluding hydrogens is 363 g/mol. The first kappa shape index (κ1) is 17.4. The normalized spacial score (nSPS) is 12.3. The van der Waals surface area contributed by atoms with Crippen LogP contribution in [0.3, 0.4) is 0 Å². The summed E-state index contributed by atoms with van der Waals surface area (Å²) in [5.74, 6) is -0.945. The first-order valence-electron chi connectivity index (χ1n) is 8.46. The number of amides is 1. The Hall–Kier alpha value is -3.06. The molecule has 1 atom stereocenters. The van der Waals surface area contributed by atoms with Crippen molar-refractivity contribution in [1.29, 1.82) is 0 Å². The van der Waals surface area contributed by atoms with Crippen LogP contribution >= 0.6 is 11.3 Å². The van der Waals surface area contributed by atoms with E-state index in [-0.39, 0.29) is 11.7 Å². The fraction of sp³-hybridized carbons (Fsp3) is 0.150. The molecule has 2 aromatic carbocycles. The number of fused-ring (bicyclic) bond motifs is 1. The van der Waals surface area contributed by atoms with Crippen LogP contribution in [0.15, 0.2) is 60.9 Å². The Morgan fingerprint density at radius 1 is 1.22 bits per heavy atom. The molecule has 0 unspecified atom stereocenters. The number of hydrogen-bond acceptors (Lipinski definition) is 4. The summed E-state index contributed by atoms with van der Waals surface area (Å²) in [6.45, 7) is 1.77. The second-order valence-corrected chi connectivity index (χ2v) is 7.29. The predicted octanol–water partition coefficient (Wildman–Crippen LogP) is 4.39. The Balaban J connectivity index is 1.57. The van der Waals surface area contributed by atoms with Gasteiger partial charge in [0, 0.05) is 7.05 Å². The van der Waals surface area contributed by atoms with Gasteiger partial charge in [0.25, 0.3) is 0 Å². The number of benzene rings is 2. The van der Waals surface area contributed by atoms with Gasteiger partial charge in [-0.25, -0.2) is 14.1 Å². The number of rotatable bonds is 4. The van der Waals surface area contributed by atoms with E-state index in [4.69, 9.17) is 0 Å². The van der Waals surface area contributed by atoms with E-state index >= 15 is 0 Å². The highest BCUT2D eigenvalue weighted by Gasteiger charge is 2.22. The van der Waals surface area contributed by atoms with Crippen molar-refractivity contribution >= 4 is 33.1 Å². The fourth-order valence-corrected chi connectivity index (χ4v) is 3.78. The Bertz CT molecular complexity index is 1090. The number of carbonyl (C=O) groups is 1. The lowest BCUT2D eigenvalue weighted by atomic mass is 10.00. The number of anilines is 1. The highest BCUT2D eigenvalue weighted by Crippen LogP contribution is 2.26. The van der Waals surface area contributed by atoms with Crippen LogP contribution in [0.2, 0.25) is 0 Å². The number of nitrogens with zero attached hydrogens (tertiary/aromatic N) is 4. The molecule has 0 radical (unpaired) electrons. The van der Waals surface area contributed by atoms with E-state index in [0.717, 1.165) is 15.3 Å². The van der Waals surface area contributed by atoms with Gasteiger partial charge in [-0.3, -0.25) is 4.79 Å². The van der Waals surface area contributed by atoms with E-state index in [1.165, 1.54) is 28.4 Å². The van der Waals surface area contributed by atoms with Crippen LogP contribution in [0, 0.1) is 5.82 Å². The standard InChI is InChI=1S/C20H17FN4OS/c1-13(14-6-5-7-15(21)10-14)19(26)24(2)16-11-22-25(12-16)20-23-17-8-3-4-9-18(17)27-20/h3-13H,1-2H3/t13-/m1/s1. The summed E-state index contributed by atoms with van der Waals surface area (Å²) in [5, 5.41) is 5.08. The number of carbonyl (C=O) groups excluding carboxylic acids is 1. The minimum atomic E-state index is -0.462. The molecule has 0 saturated carbocycles. The molecule has 0 saturated heterocycles. The summed E-state index contributed by atoms with van der Waals surface area (Å²) in [6.07, 6.45) is 3.40. The summed E-state index contributed by atoms with van der Waals surface area (Å²) in [5.41, 5.74) is 2.21. The minimum absolute atomic E-state index is 0.135. The maximum atomic E-state index is 13.4. The van der Waals surface area contributed by atoms with Gasteiger partial charge in [0.2, 0.25) is 11.0 Å². The Morgan fingerprint density at radius 2 is 2.04 bits per heavy atom. The Morgan fingerprint density at radius 3 is 2.81 bits per heavy atom. The monoisotopic (exact) mass is 380 g/mol. The van der Waals surface area contributed by atoms with Crippen LogP contribution in [0.1, 0.15) is 18.4 Å². The summed E-state index contributed by atoms with van der Waals surface area (Å²) in [6, 6.07) is 14.0. The van der Waals surface area contributed by atoms with Crippen LogP contribution in [-0.2, 0) is 4.79 Å². The van der Waals surface area contributed by atoms with Gasteiger partial charge in [-0.1, -0.05) is 35.6 Å². The summed E-state index contributed by atoms with van der Waals surface area (Å²) in [4.78, 5) is 18.9. The zero-order valence-electron chi connectivity index (χ0n) is 14.8. The molecule has 27 heavy (non-hydrogen) atoms. The van der Waals surface area contributed by atoms with E-state index in [2.05, 4.69) is 10.1 Å². The third-order valence-electron chi connectivity index (χ3n) is 4.48. The molecule has 0 fully saturated rings. The number of halogens is 1. The molecule has 2 heterocycles. The van der Waals surface area contributed by atoms with Crippen LogP contribution in [0.4, 0.5) is 10.1 Å². The van der Waals surface area contributed by atoms with Crippen molar-refractivity contribution in [1.82, 2.24) is 14.8 Å². The molecule has 4 aromatic rings. The smallest absolute Gasteiger partial charge is 0.234 e. The molecule has 0 spiro atoms. The SMILES string of the molecule is C[C@@H](C(=O)N(C)c1cnn(-c2nc3ccccc3s2)c1)c1cccc(F)c1. The Labute approximate surface area is 159 Å². The summed E-state index contributed by atoms with van der Waals surface area (Å²) in [7, 11) is 1.69. The average Bonchev–Trinajstić information content (AvgIpc) is 3.33. The molecule has 1 amide bonds. The van der Waals surface area contributed by atoms with Crippen molar-refractivity contribution in [2.75, 3.05) is 11.9 Å². The first-order chi connectivity index (χ1) is 13.0. The zero-order chi connectivity index (χ0) is 19.0. The average molecular weight is 380 g/mol.